The molecule has 0 aliphatic heterocycles. The van der Waals surface area contributed by atoms with Crippen LogP contribution in [0.5, 0.6) is 0 Å². The normalized spacial score (nSPS) is 13.6. The van der Waals surface area contributed by atoms with Gasteiger partial charge in [0, 0.05) is 11.5 Å². The molecule has 1 atom stereocenters. The van der Waals surface area contributed by atoms with Gasteiger partial charge in [0.2, 0.25) is 0 Å². The first kappa shape index (κ1) is 10.5. The predicted molar refractivity (Wildman–Crippen MR) is 47.8 cm³/mol. The zero-order chi connectivity index (χ0) is 8.69. The molecule has 0 aromatic carbocycles. The highest BCUT2D eigenvalue weighted by molar-refractivity contribution is 7.99. The first-order valence-electron chi connectivity index (χ1n) is 3.35. The zero-order valence-corrected chi connectivity index (χ0v) is 7.30. The Morgan fingerprint density at radius 3 is 2.91 bits per heavy atom. The number of thioether (sulfide) groups is 1. The third-order valence-electron chi connectivity index (χ3n) is 1.06. The lowest BCUT2D eigenvalue weighted by Gasteiger charge is -2.02. The van der Waals surface area contributed by atoms with Gasteiger partial charge in [0.25, 0.3) is 0 Å². The minimum Gasteiger partial charge on any atom is -0.480 e. The van der Waals surface area contributed by atoms with Gasteiger partial charge in [0.15, 0.2) is 0 Å². The highest BCUT2D eigenvalue weighted by atomic mass is 32.2. The summed E-state index contributed by atoms with van der Waals surface area (Å²) in [6.07, 6.45) is 3.90. The summed E-state index contributed by atoms with van der Waals surface area (Å²) in [6.45, 7) is 1.93. The molecule has 0 aliphatic rings. The molecule has 4 heteroatoms. The van der Waals surface area contributed by atoms with Crippen molar-refractivity contribution in [3.05, 3.63) is 12.2 Å². The van der Waals surface area contributed by atoms with E-state index in [-0.39, 0.29) is 0 Å². The minimum absolute atomic E-state index is 0.472. The standard InChI is InChI=1S/C7H13NO2S/c1-2-3-4-11-5-6(8)7(9)10/h2-3,6H,4-5,8H2,1H3,(H,9,10). The molecular formula is C7H13NO2S. The predicted octanol–water partition coefficient (Wildman–Crippen LogP) is 0.708. The number of allylic oxidation sites excluding steroid dienone is 1. The van der Waals surface area contributed by atoms with Gasteiger partial charge in [-0.25, -0.2) is 0 Å². The van der Waals surface area contributed by atoms with Crippen LogP contribution in [0.1, 0.15) is 6.92 Å². The fraction of sp³-hybridized carbons (Fsp3) is 0.571. The zero-order valence-electron chi connectivity index (χ0n) is 6.49. The maximum Gasteiger partial charge on any atom is 0.321 e. The van der Waals surface area contributed by atoms with E-state index in [1.54, 1.807) is 0 Å². The molecule has 0 saturated carbocycles. The molecule has 11 heavy (non-hydrogen) atoms. The molecule has 0 radical (unpaired) electrons. The number of carboxylic acids is 1. The fourth-order valence-electron chi connectivity index (χ4n) is 0.431. The second-order valence-electron chi connectivity index (χ2n) is 2.05. The molecule has 3 nitrogen and oxygen atoms in total. The maximum absolute atomic E-state index is 10.2. The first-order valence-corrected chi connectivity index (χ1v) is 4.51. The molecule has 0 saturated heterocycles. The molecule has 0 spiro atoms. The van der Waals surface area contributed by atoms with E-state index in [1.807, 2.05) is 19.1 Å². The van der Waals surface area contributed by atoms with Gasteiger partial charge >= 0.3 is 5.97 Å². The molecule has 0 fully saturated rings. The van der Waals surface area contributed by atoms with Crippen molar-refractivity contribution in [2.45, 2.75) is 13.0 Å². The third kappa shape index (κ3) is 5.94. The average molecular weight is 175 g/mol. The van der Waals surface area contributed by atoms with E-state index in [9.17, 15) is 4.79 Å². The highest BCUT2D eigenvalue weighted by Crippen LogP contribution is 2.01. The van der Waals surface area contributed by atoms with E-state index in [2.05, 4.69) is 0 Å². The van der Waals surface area contributed by atoms with Crippen LogP contribution in [0.3, 0.4) is 0 Å². The van der Waals surface area contributed by atoms with E-state index in [1.165, 1.54) is 11.8 Å². The molecule has 3 N–H and O–H groups in total. The summed E-state index contributed by atoms with van der Waals surface area (Å²) in [6, 6.07) is -0.731. The monoisotopic (exact) mass is 175 g/mol. The Morgan fingerprint density at radius 1 is 1.82 bits per heavy atom. The van der Waals surface area contributed by atoms with Crippen molar-refractivity contribution < 1.29 is 9.90 Å². The Balaban J connectivity index is 3.31. The van der Waals surface area contributed by atoms with Gasteiger partial charge in [-0.1, -0.05) is 12.2 Å². The van der Waals surface area contributed by atoms with Gasteiger partial charge in [0.05, 0.1) is 0 Å². The smallest absolute Gasteiger partial charge is 0.321 e. The van der Waals surface area contributed by atoms with Crippen LogP contribution in [0.4, 0.5) is 0 Å². The Hall–Kier alpha value is -0.480. The van der Waals surface area contributed by atoms with Gasteiger partial charge < -0.3 is 10.8 Å². The van der Waals surface area contributed by atoms with E-state index < -0.39 is 12.0 Å². The van der Waals surface area contributed by atoms with Crippen LogP contribution in [-0.2, 0) is 4.79 Å². The summed E-state index contributed by atoms with van der Waals surface area (Å²) in [7, 11) is 0. The number of rotatable bonds is 5. The van der Waals surface area contributed by atoms with Gasteiger partial charge in [-0.05, 0) is 6.92 Å². The van der Waals surface area contributed by atoms with Crippen LogP contribution in [0.25, 0.3) is 0 Å². The van der Waals surface area contributed by atoms with Crippen molar-refractivity contribution in [1.29, 1.82) is 0 Å². The number of carboxylic acid groups (broad SMARTS) is 1. The average Bonchev–Trinajstić information content (AvgIpc) is 1.97. The fourth-order valence-corrected chi connectivity index (χ4v) is 1.29. The molecule has 0 aromatic heterocycles. The molecule has 64 valence electrons. The number of nitrogens with two attached hydrogens (primary N) is 1. The summed E-state index contributed by atoms with van der Waals surface area (Å²) >= 11 is 1.52. The van der Waals surface area contributed by atoms with Crippen molar-refractivity contribution in [3.8, 4) is 0 Å². The Labute approximate surface area is 70.7 Å². The first-order chi connectivity index (χ1) is 5.18. The lowest BCUT2D eigenvalue weighted by molar-refractivity contribution is -0.137. The highest BCUT2D eigenvalue weighted by Gasteiger charge is 2.09. The van der Waals surface area contributed by atoms with Crippen molar-refractivity contribution in [2.24, 2.45) is 5.73 Å². The number of hydrogen-bond donors (Lipinski definition) is 2. The molecule has 0 bridgehead atoms. The SMILES string of the molecule is CC=CCSCC(N)C(=O)O. The molecule has 0 amide bonds. The van der Waals surface area contributed by atoms with Crippen molar-refractivity contribution in [2.75, 3.05) is 11.5 Å². The third-order valence-corrected chi connectivity index (χ3v) is 2.09. The lowest BCUT2D eigenvalue weighted by Crippen LogP contribution is -2.32. The Kier molecular flexibility index (Phi) is 5.97. The molecule has 1 unspecified atom stereocenters. The lowest BCUT2D eigenvalue weighted by atomic mass is 10.4. The van der Waals surface area contributed by atoms with Crippen LogP contribution in [0, 0.1) is 0 Å². The van der Waals surface area contributed by atoms with Crippen LogP contribution >= 0.6 is 11.8 Å². The van der Waals surface area contributed by atoms with Crippen molar-refractivity contribution in [1.82, 2.24) is 0 Å². The Morgan fingerprint density at radius 2 is 2.45 bits per heavy atom. The van der Waals surface area contributed by atoms with Gasteiger partial charge in [0.1, 0.15) is 6.04 Å². The summed E-state index contributed by atoms with van der Waals surface area (Å²) in [4.78, 5) is 10.2. The van der Waals surface area contributed by atoms with Crippen LogP contribution in [0.15, 0.2) is 12.2 Å². The molecule has 0 aromatic rings. The van der Waals surface area contributed by atoms with E-state index in [0.717, 1.165) is 5.75 Å². The molecule has 0 rings (SSSR count). The maximum atomic E-state index is 10.2. The number of hydrogen-bond acceptors (Lipinski definition) is 3. The van der Waals surface area contributed by atoms with Crippen LogP contribution in [0.2, 0.25) is 0 Å². The van der Waals surface area contributed by atoms with Crippen molar-refractivity contribution >= 4 is 17.7 Å². The molecular weight excluding hydrogens is 162 g/mol. The largest absolute Gasteiger partial charge is 0.480 e. The quantitative estimate of drug-likeness (QED) is 0.477. The van der Waals surface area contributed by atoms with Gasteiger partial charge in [-0.15, -0.1) is 0 Å². The van der Waals surface area contributed by atoms with E-state index in [4.69, 9.17) is 10.8 Å². The number of aliphatic carboxylic acids is 1. The van der Waals surface area contributed by atoms with Crippen molar-refractivity contribution in [3.63, 3.8) is 0 Å². The van der Waals surface area contributed by atoms with Gasteiger partial charge in [-0.2, -0.15) is 11.8 Å². The second-order valence-corrected chi connectivity index (χ2v) is 3.13. The van der Waals surface area contributed by atoms with E-state index >= 15 is 0 Å². The van der Waals surface area contributed by atoms with E-state index in [0.29, 0.717) is 5.75 Å². The van der Waals surface area contributed by atoms with Crippen LogP contribution < -0.4 is 5.73 Å². The topological polar surface area (TPSA) is 63.3 Å². The Bertz CT molecular complexity index is 147. The minimum atomic E-state index is -0.932. The number of carbonyl (C=O) groups is 1. The second kappa shape index (κ2) is 6.24. The molecule has 0 aliphatic carbocycles. The van der Waals surface area contributed by atoms with Crippen LogP contribution in [-0.4, -0.2) is 28.6 Å². The summed E-state index contributed by atoms with van der Waals surface area (Å²) in [5.74, 6) is 0.370. The summed E-state index contributed by atoms with van der Waals surface area (Å²) in [5.41, 5.74) is 5.25. The summed E-state index contributed by atoms with van der Waals surface area (Å²) in [5, 5.41) is 8.38. The van der Waals surface area contributed by atoms with Gasteiger partial charge in [-0.3, -0.25) is 4.79 Å². The molecule has 0 heterocycles. The summed E-state index contributed by atoms with van der Waals surface area (Å²) < 4.78 is 0.